The number of rotatable bonds is 5. The molecule has 0 unspecified atom stereocenters. The van der Waals surface area contributed by atoms with Gasteiger partial charge in [0, 0.05) is 48.9 Å². The summed E-state index contributed by atoms with van der Waals surface area (Å²) < 4.78 is 56.3. The quantitative estimate of drug-likeness (QED) is 0.354. The number of hydrogen-bond donors (Lipinski definition) is 2. The summed E-state index contributed by atoms with van der Waals surface area (Å²) in [5, 5.41) is 2.26. The van der Waals surface area contributed by atoms with Crippen molar-refractivity contribution < 1.29 is 29.9 Å². The Kier molecular flexibility index (Phi) is 6.93. The zero-order valence-corrected chi connectivity index (χ0v) is 23.1. The molecule has 1 spiro atoms. The summed E-state index contributed by atoms with van der Waals surface area (Å²) in [6.07, 6.45) is 1.57. The molecule has 0 radical (unpaired) electrons. The van der Waals surface area contributed by atoms with Crippen LogP contribution in [0.4, 0.5) is 5.69 Å². The molecule has 1 aromatic heterocycles. The van der Waals surface area contributed by atoms with E-state index in [1.807, 2.05) is 48.5 Å². The molecule has 0 bridgehead atoms. The zero-order valence-electron chi connectivity index (χ0n) is 21.5. The first-order valence-electron chi connectivity index (χ1n) is 12.5. The number of nitrogens with one attached hydrogen (secondary N) is 1. The van der Waals surface area contributed by atoms with Crippen LogP contribution in [0.2, 0.25) is 0 Å². The number of piperidine rings is 1. The maximum atomic E-state index is 13.9. The number of quaternary nitrogens is 1. The lowest BCUT2D eigenvalue weighted by atomic mass is 9.74. The molecule has 3 N–H and O–H groups in total. The number of carbonyl (C=O) groups excluding carboxylic acids is 1. The topological polar surface area (TPSA) is 137 Å². The highest BCUT2D eigenvalue weighted by atomic mass is 32.3. The van der Waals surface area contributed by atoms with Crippen LogP contribution in [-0.4, -0.2) is 57.6 Å². The Labute approximate surface area is 228 Å². The first-order chi connectivity index (χ1) is 18.5. The third kappa shape index (κ3) is 5.13. The molecule has 0 aliphatic carbocycles. The summed E-state index contributed by atoms with van der Waals surface area (Å²) in [6, 6.07) is 18.1. The van der Waals surface area contributed by atoms with Gasteiger partial charge < -0.3 is 15.5 Å². The SMILES string of the molecule is CS(=O)(=O)CS(=O)(=O)[N+]1(C(=O)c2ccc(C#Cc3ccccc3)o2)CCC2(CC1)CNc1ccc(CN)cc12. The largest absolute Gasteiger partial charge is 0.438 e. The van der Waals surface area contributed by atoms with E-state index in [1.165, 1.54) is 12.1 Å². The molecule has 2 aromatic carbocycles. The summed E-state index contributed by atoms with van der Waals surface area (Å²) in [6.45, 7) is 0.794. The van der Waals surface area contributed by atoms with Gasteiger partial charge in [0.1, 0.15) is 13.1 Å². The van der Waals surface area contributed by atoms with Crippen molar-refractivity contribution in [3.63, 3.8) is 0 Å². The van der Waals surface area contributed by atoms with E-state index in [1.54, 1.807) is 0 Å². The van der Waals surface area contributed by atoms with Crippen LogP contribution in [0, 0.1) is 11.8 Å². The summed E-state index contributed by atoms with van der Waals surface area (Å²) in [5.74, 6) is 5.04. The van der Waals surface area contributed by atoms with Gasteiger partial charge in [-0.05, 0) is 47.4 Å². The molecule has 2 aliphatic rings. The Morgan fingerprint density at radius 1 is 1.03 bits per heavy atom. The first-order valence-corrected chi connectivity index (χ1v) is 16.2. The average Bonchev–Trinajstić information content (AvgIpc) is 3.52. The van der Waals surface area contributed by atoms with E-state index in [-0.39, 0.29) is 24.6 Å². The van der Waals surface area contributed by atoms with Crippen LogP contribution < -0.4 is 11.1 Å². The second-order valence-corrected chi connectivity index (χ2v) is 14.9. The van der Waals surface area contributed by atoms with Crippen molar-refractivity contribution in [3.8, 4) is 11.8 Å². The lowest BCUT2D eigenvalue weighted by Gasteiger charge is -2.43. The summed E-state index contributed by atoms with van der Waals surface area (Å²) in [4.78, 5) is 13.9. The highest BCUT2D eigenvalue weighted by molar-refractivity contribution is 8.05. The van der Waals surface area contributed by atoms with Crippen LogP contribution in [0.1, 0.15) is 45.8 Å². The molecule has 3 heterocycles. The number of furan rings is 1. The third-order valence-corrected chi connectivity index (χ3v) is 12.1. The monoisotopic (exact) mass is 568 g/mol. The number of carbonyl (C=O) groups is 1. The molecular weight excluding hydrogens is 538 g/mol. The van der Waals surface area contributed by atoms with Gasteiger partial charge in [0.2, 0.25) is 10.8 Å². The fraction of sp³-hybridized carbons (Fsp3) is 0.321. The van der Waals surface area contributed by atoms with Crippen LogP contribution in [0.3, 0.4) is 0 Å². The molecule has 39 heavy (non-hydrogen) atoms. The van der Waals surface area contributed by atoms with Crippen LogP contribution >= 0.6 is 0 Å². The van der Waals surface area contributed by atoms with E-state index < -0.39 is 40.2 Å². The van der Waals surface area contributed by atoms with E-state index in [9.17, 15) is 21.6 Å². The lowest BCUT2D eigenvalue weighted by Crippen LogP contribution is -2.63. The van der Waals surface area contributed by atoms with Gasteiger partial charge in [0.15, 0.2) is 15.6 Å². The minimum Gasteiger partial charge on any atom is -0.438 e. The van der Waals surface area contributed by atoms with Crippen molar-refractivity contribution in [2.45, 2.75) is 24.8 Å². The molecular formula is C28H30N3O6S2+. The number of amides is 1. The predicted octanol–water partition coefficient (Wildman–Crippen LogP) is 2.58. The zero-order chi connectivity index (χ0) is 27.9. The van der Waals surface area contributed by atoms with E-state index >= 15 is 0 Å². The molecule has 9 nitrogen and oxygen atoms in total. The van der Waals surface area contributed by atoms with Gasteiger partial charge in [0.05, 0.1) is 0 Å². The number of anilines is 1. The van der Waals surface area contributed by atoms with Gasteiger partial charge in [-0.3, -0.25) is 0 Å². The molecule has 0 saturated carbocycles. The molecule has 5 rings (SSSR count). The van der Waals surface area contributed by atoms with Crippen molar-refractivity contribution in [2.24, 2.45) is 5.73 Å². The second kappa shape index (κ2) is 9.95. The number of benzene rings is 2. The van der Waals surface area contributed by atoms with Crippen molar-refractivity contribution in [1.82, 2.24) is 0 Å². The Hall–Kier alpha value is -3.43. The van der Waals surface area contributed by atoms with E-state index in [4.69, 9.17) is 10.2 Å². The summed E-state index contributed by atoms with van der Waals surface area (Å²) >= 11 is 0. The standard InChI is InChI=1S/C28H30N3O6S2/c1-38(33,34)20-39(35,36)31(27(32)26-12-10-23(37-26)9-7-21-5-3-2-4-6-21)15-13-28(14-16-31)19-30-25-11-8-22(18-29)17-24(25)28/h2-6,8,10-12,17,30H,13-16,18-20,29H2,1H3/q+1. The van der Waals surface area contributed by atoms with Gasteiger partial charge in [-0.15, -0.1) is 3.89 Å². The normalized spacial score (nSPS) is 22.5. The Morgan fingerprint density at radius 3 is 2.41 bits per heavy atom. The highest BCUT2D eigenvalue weighted by Gasteiger charge is 2.58. The lowest BCUT2D eigenvalue weighted by molar-refractivity contribution is -0.730. The van der Waals surface area contributed by atoms with Crippen molar-refractivity contribution in [2.75, 3.05) is 36.3 Å². The Bertz CT molecular complexity index is 1690. The minimum absolute atomic E-state index is 0.0869. The number of fused-ring (bicyclic) bond motifs is 2. The van der Waals surface area contributed by atoms with Crippen molar-refractivity contribution in [1.29, 1.82) is 0 Å². The molecule has 3 aromatic rings. The van der Waals surface area contributed by atoms with Gasteiger partial charge >= 0.3 is 15.9 Å². The highest BCUT2D eigenvalue weighted by Crippen LogP contribution is 2.47. The number of likely N-dealkylation sites (tertiary alicyclic amines) is 1. The van der Waals surface area contributed by atoms with Crippen LogP contribution in [-0.2, 0) is 31.8 Å². The number of sulfonamides is 1. The smallest absolute Gasteiger partial charge is 0.396 e. The van der Waals surface area contributed by atoms with E-state index in [0.29, 0.717) is 25.9 Å². The summed E-state index contributed by atoms with van der Waals surface area (Å²) in [5.41, 5.74) is 9.20. The van der Waals surface area contributed by atoms with Crippen LogP contribution in [0.25, 0.3) is 0 Å². The summed E-state index contributed by atoms with van der Waals surface area (Å²) in [7, 11) is -8.41. The molecule has 1 fully saturated rings. The maximum absolute atomic E-state index is 13.9. The fourth-order valence-electron chi connectivity index (χ4n) is 5.50. The van der Waals surface area contributed by atoms with Crippen LogP contribution in [0.15, 0.2) is 65.1 Å². The fourth-order valence-corrected chi connectivity index (χ4v) is 9.55. The van der Waals surface area contributed by atoms with Crippen LogP contribution in [0.5, 0.6) is 0 Å². The van der Waals surface area contributed by atoms with Gasteiger partial charge in [-0.2, -0.15) is 8.42 Å². The van der Waals surface area contributed by atoms with E-state index in [0.717, 1.165) is 28.6 Å². The number of hydrogen-bond acceptors (Lipinski definition) is 8. The second-order valence-electron chi connectivity index (χ2n) is 10.3. The molecule has 1 saturated heterocycles. The number of nitrogens with two attached hydrogens (primary N) is 1. The van der Waals surface area contributed by atoms with Gasteiger partial charge in [0.25, 0.3) is 0 Å². The molecule has 2 aliphatic heterocycles. The molecule has 204 valence electrons. The van der Waals surface area contributed by atoms with Gasteiger partial charge in [-0.1, -0.05) is 36.3 Å². The van der Waals surface area contributed by atoms with Crippen molar-refractivity contribution in [3.05, 3.63) is 88.9 Å². The van der Waals surface area contributed by atoms with E-state index in [2.05, 4.69) is 17.2 Å². The number of sulfone groups is 1. The van der Waals surface area contributed by atoms with Crippen molar-refractivity contribution >= 4 is 31.5 Å². The average molecular weight is 569 g/mol. The minimum atomic E-state index is -4.47. The molecule has 1 amide bonds. The predicted molar refractivity (Wildman–Crippen MR) is 148 cm³/mol. The van der Waals surface area contributed by atoms with Gasteiger partial charge in [-0.25, -0.2) is 13.2 Å². The number of nitrogens with zero attached hydrogens (tertiary/aromatic N) is 1. The molecule has 11 heteroatoms. The first kappa shape index (κ1) is 27.1. The molecule has 0 atom stereocenters. The Balaban J connectivity index is 1.49. The Morgan fingerprint density at radius 2 is 1.74 bits per heavy atom. The maximum Gasteiger partial charge on any atom is 0.396 e. The third-order valence-electron chi connectivity index (χ3n) is 7.60.